The van der Waals surface area contributed by atoms with Gasteiger partial charge in [0, 0.05) is 30.0 Å². The molecule has 138 valence electrons. The molecule has 0 radical (unpaired) electrons. The Hall–Kier alpha value is -2.31. The van der Waals surface area contributed by atoms with Crippen LogP contribution in [0.3, 0.4) is 0 Å². The topological polar surface area (TPSA) is 93.9 Å². The van der Waals surface area contributed by atoms with Crippen LogP contribution >= 0.6 is 0 Å². The van der Waals surface area contributed by atoms with Crippen LogP contribution in [0.2, 0.25) is 0 Å². The molecule has 0 saturated heterocycles. The van der Waals surface area contributed by atoms with Crippen LogP contribution in [0.15, 0.2) is 48.3 Å². The highest BCUT2D eigenvalue weighted by molar-refractivity contribution is 5.79. The first-order chi connectivity index (χ1) is 12.6. The Morgan fingerprint density at radius 1 is 1.23 bits per heavy atom. The standard InChI is InChI=1S/C20H28N6/c1-2-17-18(24-16-6-4-3-5-7-16)19-23-12-13-26(19)25-20(17,22)14-8-10-15(21)11-9-14/h3-7,12-15,24-25H,2,8-11,21-22H2,1H3. The second-order valence-electron chi connectivity index (χ2n) is 7.41. The summed E-state index contributed by atoms with van der Waals surface area (Å²) in [4.78, 5) is 4.56. The van der Waals surface area contributed by atoms with Gasteiger partial charge in [0.25, 0.3) is 0 Å². The third-order valence-corrected chi connectivity index (χ3v) is 5.78. The van der Waals surface area contributed by atoms with E-state index in [-0.39, 0.29) is 0 Å². The van der Waals surface area contributed by atoms with Gasteiger partial charge in [-0.05, 0) is 49.8 Å². The van der Waals surface area contributed by atoms with Crippen LogP contribution in [0.1, 0.15) is 44.9 Å². The van der Waals surface area contributed by atoms with Crippen LogP contribution in [0.5, 0.6) is 0 Å². The van der Waals surface area contributed by atoms with E-state index in [1.54, 1.807) is 0 Å². The molecule has 4 rings (SSSR count). The first-order valence-electron chi connectivity index (χ1n) is 9.54. The van der Waals surface area contributed by atoms with Crippen molar-refractivity contribution in [3.05, 3.63) is 54.1 Å². The van der Waals surface area contributed by atoms with Gasteiger partial charge in [0.2, 0.25) is 0 Å². The number of hydrogen-bond acceptors (Lipinski definition) is 5. The number of hydrogen-bond donors (Lipinski definition) is 4. The van der Waals surface area contributed by atoms with Crippen molar-refractivity contribution in [3.8, 4) is 0 Å². The van der Waals surface area contributed by atoms with Crippen LogP contribution < -0.4 is 22.2 Å². The third-order valence-electron chi connectivity index (χ3n) is 5.78. The summed E-state index contributed by atoms with van der Waals surface area (Å²) in [6.45, 7) is 2.17. The van der Waals surface area contributed by atoms with Gasteiger partial charge < -0.3 is 22.2 Å². The van der Waals surface area contributed by atoms with Crippen molar-refractivity contribution in [2.24, 2.45) is 17.4 Å². The summed E-state index contributed by atoms with van der Waals surface area (Å²) < 4.78 is 1.96. The van der Waals surface area contributed by atoms with Gasteiger partial charge in [-0.2, -0.15) is 0 Å². The molecule has 1 aliphatic heterocycles. The molecule has 1 aromatic heterocycles. The molecule has 1 atom stereocenters. The van der Waals surface area contributed by atoms with Crippen LogP contribution in [-0.2, 0) is 0 Å². The zero-order chi connectivity index (χ0) is 18.1. The Morgan fingerprint density at radius 3 is 2.65 bits per heavy atom. The SMILES string of the molecule is CCC1=C(Nc2ccccc2)c2nccn2NC1(N)C1CCC(N)CC1. The third kappa shape index (κ3) is 2.89. The first kappa shape index (κ1) is 17.1. The molecule has 0 spiro atoms. The molecule has 0 amide bonds. The van der Waals surface area contributed by atoms with Crippen molar-refractivity contribution >= 4 is 11.4 Å². The van der Waals surface area contributed by atoms with E-state index in [9.17, 15) is 0 Å². The quantitative estimate of drug-likeness (QED) is 0.679. The Bertz CT molecular complexity index is 788. The number of benzene rings is 1. The minimum absolute atomic E-state index is 0.304. The van der Waals surface area contributed by atoms with Crippen LogP contribution in [0.4, 0.5) is 5.69 Å². The van der Waals surface area contributed by atoms with Crippen molar-refractivity contribution in [2.45, 2.75) is 50.7 Å². The summed E-state index contributed by atoms with van der Waals surface area (Å²) in [5.74, 6) is 1.22. The molecular weight excluding hydrogens is 324 g/mol. The fourth-order valence-corrected chi connectivity index (χ4v) is 4.37. The van der Waals surface area contributed by atoms with E-state index in [2.05, 4.69) is 34.8 Å². The van der Waals surface area contributed by atoms with Gasteiger partial charge in [0.05, 0.1) is 5.70 Å². The molecular formula is C20H28N6. The largest absolute Gasteiger partial charge is 0.352 e. The van der Waals surface area contributed by atoms with Crippen LogP contribution in [0.25, 0.3) is 5.70 Å². The monoisotopic (exact) mass is 352 g/mol. The summed E-state index contributed by atoms with van der Waals surface area (Å²) in [7, 11) is 0. The van der Waals surface area contributed by atoms with E-state index >= 15 is 0 Å². The summed E-state index contributed by atoms with van der Waals surface area (Å²) in [6.07, 6.45) is 8.73. The molecule has 1 aromatic carbocycles. The molecule has 1 saturated carbocycles. The van der Waals surface area contributed by atoms with E-state index in [0.29, 0.717) is 12.0 Å². The summed E-state index contributed by atoms with van der Waals surface area (Å²) in [5, 5.41) is 3.58. The van der Waals surface area contributed by atoms with Crippen molar-refractivity contribution in [2.75, 3.05) is 10.7 Å². The van der Waals surface area contributed by atoms with Crippen molar-refractivity contribution in [1.82, 2.24) is 9.66 Å². The lowest BCUT2D eigenvalue weighted by atomic mass is 9.74. The zero-order valence-electron chi connectivity index (χ0n) is 15.3. The lowest BCUT2D eigenvalue weighted by Gasteiger charge is -2.46. The zero-order valence-corrected chi connectivity index (χ0v) is 15.3. The van der Waals surface area contributed by atoms with Gasteiger partial charge in [0.15, 0.2) is 5.82 Å². The van der Waals surface area contributed by atoms with Gasteiger partial charge in [-0.1, -0.05) is 25.1 Å². The summed E-state index contributed by atoms with van der Waals surface area (Å²) in [6, 6.07) is 10.5. The molecule has 2 heterocycles. The van der Waals surface area contributed by atoms with Crippen LogP contribution in [0, 0.1) is 5.92 Å². The number of imidazole rings is 1. The number of rotatable bonds is 4. The van der Waals surface area contributed by atoms with Gasteiger partial charge in [-0.25, -0.2) is 9.66 Å². The maximum absolute atomic E-state index is 7.05. The number of aromatic nitrogens is 2. The van der Waals surface area contributed by atoms with Crippen molar-refractivity contribution in [3.63, 3.8) is 0 Å². The second-order valence-corrected chi connectivity index (χ2v) is 7.41. The van der Waals surface area contributed by atoms with E-state index in [0.717, 1.165) is 49.3 Å². The van der Waals surface area contributed by atoms with Crippen molar-refractivity contribution in [1.29, 1.82) is 0 Å². The van der Waals surface area contributed by atoms with E-state index in [1.165, 1.54) is 5.57 Å². The maximum atomic E-state index is 7.05. The highest BCUT2D eigenvalue weighted by Crippen LogP contribution is 2.40. The van der Waals surface area contributed by atoms with E-state index < -0.39 is 5.66 Å². The fourth-order valence-electron chi connectivity index (χ4n) is 4.37. The number of para-hydroxylation sites is 1. The second kappa shape index (κ2) is 6.78. The molecule has 2 aromatic rings. The summed E-state index contributed by atoms with van der Waals surface area (Å²) in [5.41, 5.74) is 19.4. The van der Waals surface area contributed by atoms with Gasteiger partial charge >= 0.3 is 0 Å². The lowest BCUT2D eigenvalue weighted by Crippen LogP contribution is -2.61. The molecule has 6 heteroatoms. The number of nitrogens with one attached hydrogen (secondary N) is 2. The van der Waals surface area contributed by atoms with Gasteiger partial charge in [0.1, 0.15) is 5.66 Å². The molecule has 1 aliphatic carbocycles. The van der Waals surface area contributed by atoms with E-state index in [1.807, 2.05) is 35.3 Å². The molecule has 26 heavy (non-hydrogen) atoms. The smallest absolute Gasteiger partial charge is 0.175 e. The van der Waals surface area contributed by atoms with Gasteiger partial charge in [-0.3, -0.25) is 0 Å². The van der Waals surface area contributed by atoms with Crippen molar-refractivity contribution < 1.29 is 0 Å². The fraction of sp³-hybridized carbons (Fsp3) is 0.450. The Balaban J connectivity index is 1.77. The molecule has 0 bridgehead atoms. The normalized spacial score (nSPS) is 28.4. The predicted molar refractivity (Wildman–Crippen MR) is 106 cm³/mol. The average molecular weight is 352 g/mol. The molecule has 1 unspecified atom stereocenters. The number of anilines is 1. The Labute approximate surface area is 154 Å². The Kier molecular flexibility index (Phi) is 4.46. The molecule has 6 N–H and O–H groups in total. The summed E-state index contributed by atoms with van der Waals surface area (Å²) >= 11 is 0. The maximum Gasteiger partial charge on any atom is 0.175 e. The molecule has 2 aliphatic rings. The predicted octanol–water partition coefficient (Wildman–Crippen LogP) is 2.85. The average Bonchev–Trinajstić information content (AvgIpc) is 3.11. The highest BCUT2D eigenvalue weighted by Gasteiger charge is 2.44. The number of nitrogens with zero attached hydrogens (tertiary/aromatic N) is 2. The van der Waals surface area contributed by atoms with Gasteiger partial charge in [-0.15, -0.1) is 0 Å². The Morgan fingerprint density at radius 2 is 1.96 bits per heavy atom. The molecule has 6 nitrogen and oxygen atoms in total. The number of nitrogens with two attached hydrogens (primary N) is 2. The number of fused-ring (bicyclic) bond motifs is 1. The minimum Gasteiger partial charge on any atom is -0.352 e. The first-order valence-corrected chi connectivity index (χ1v) is 9.54. The minimum atomic E-state index is -0.598. The highest BCUT2D eigenvalue weighted by atomic mass is 15.5. The van der Waals surface area contributed by atoms with E-state index in [4.69, 9.17) is 11.5 Å². The molecule has 1 fully saturated rings. The lowest BCUT2D eigenvalue weighted by molar-refractivity contribution is 0.226. The van der Waals surface area contributed by atoms with Crippen LogP contribution in [-0.4, -0.2) is 21.4 Å².